The van der Waals surface area contributed by atoms with Gasteiger partial charge in [0.15, 0.2) is 5.96 Å². The Morgan fingerprint density at radius 2 is 1.92 bits per heavy atom. The first-order valence-corrected chi connectivity index (χ1v) is 9.41. The monoisotopic (exact) mass is 491 g/mol. The van der Waals surface area contributed by atoms with Crippen molar-refractivity contribution in [3.8, 4) is 0 Å². The number of guanidine groups is 1. The zero-order valence-corrected chi connectivity index (χ0v) is 18.1. The molecule has 0 radical (unpaired) electrons. The summed E-state index contributed by atoms with van der Waals surface area (Å²) < 4.78 is 37.5. The van der Waals surface area contributed by atoms with Gasteiger partial charge in [0.05, 0.1) is 13.1 Å². The standard InChI is InChI=1S/C17H32F3N5.HI/c1-3-21-16(22-9-11-24(2)15-6-4-5-7-15)23-14-8-10-25(12-14)13-17(18,19)20;/h14-15H,3-13H2,1-2H3,(H2,21,22,23);1H. The van der Waals surface area contributed by atoms with Crippen LogP contribution in [-0.4, -0.2) is 80.3 Å². The molecule has 2 N–H and O–H groups in total. The minimum absolute atomic E-state index is 0. The van der Waals surface area contributed by atoms with Crippen LogP contribution in [0.4, 0.5) is 13.2 Å². The topological polar surface area (TPSA) is 42.9 Å². The van der Waals surface area contributed by atoms with Gasteiger partial charge >= 0.3 is 6.18 Å². The van der Waals surface area contributed by atoms with Crippen LogP contribution in [-0.2, 0) is 0 Å². The number of halogens is 4. The number of aliphatic imine (C=N–C) groups is 1. The smallest absolute Gasteiger partial charge is 0.357 e. The predicted molar refractivity (Wildman–Crippen MR) is 110 cm³/mol. The molecule has 0 bridgehead atoms. The van der Waals surface area contributed by atoms with E-state index in [1.165, 1.54) is 30.6 Å². The Hall–Kier alpha value is -0.290. The summed E-state index contributed by atoms with van der Waals surface area (Å²) in [4.78, 5) is 8.43. The summed E-state index contributed by atoms with van der Waals surface area (Å²) in [6, 6.07) is 0.698. The van der Waals surface area contributed by atoms with Gasteiger partial charge in [0.2, 0.25) is 0 Å². The van der Waals surface area contributed by atoms with Crippen LogP contribution in [0, 0.1) is 0 Å². The molecule has 0 amide bonds. The van der Waals surface area contributed by atoms with E-state index in [9.17, 15) is 13.2 Å². The van der Waals surface area contributed by atoms with E-state index in [4.69, 9.17) is 0 Å². The molecular weight excluding hydrogens is 458 g/mol. The lowest BCUT2D eigenvalue weighted by Crippen LogP contribution is -2.45. The van der Waals surface area contributed by atoms with E-state index in [2.05, 4.69) is 27.6 Å². The Labute approximate surface area is 172 Å². The lowest BCUT2D eigenvalue weighted by molar-refractivity contribution is -0.143. The fourth-order valence-electron chi connectivity index (χ4n) is 3.71. The van der Waals surface area contributed by atoms with Gasteiger partial charge in [-0.15, -0.1) is 24.0 Å². The van der Waals surface area contributed by atoms with Gasteiger partial charge in [0.25, 0.3) is 0 Å². The Bertz CT molecular complexity index is 427. The summed E-state index contributed by atoms with van der Waals surface area (Å²) in [7, 11) is 2.15. The molecule has 0 spiro atoms. The molecule has 1 saturated heterocycles. The molecule has 0 aromatic heterocycles. The minimum atomic E-state index is -4.13. The van der Waals surface area contributed by atoms with Crippen molar-refractivity contribution >= 4 is 29.9 Å². The molecule has 1 aliphatic carbocycles. The van der Waals surface area contributed by atoms with E-state index in [0.29, 0.717) is 38.1 Å². The van der Waals surface area contributed by atoms with Crippen LogP contribution in [0.5, 0.6) is 0 Å². The molecule has 0 aromatic carbocycles. The van der Waals surface area contributed by atoms with E-state index in [1.54, 1.807) is 0 Å². The first-order valence-electron chi connectivity index (χ1n) is 9.41. The molecule has 1 saturated carbocycles. The number of nitrogens with zero attached hydrogens (tertiary/aromatic N) is 3. The highest BCUT2D eigenvalue weighted by atomic mass is 127. The second-order valence-electron chi connectivity index (χ2n) is 7.16. The summed E-state index contributed by atoms with van der Waals surface area (Å²) in [6.45, 7) is 4.39. The van der Waals surface area contributed by atoms with Crippen molar-refractivity contribution in [1.82, 2.24) is 20.4 Å². The normalized spacial score (nSPS) is 22.7. The van der Waals surface area contributed by atoms with E-state index in [0.717, 1.165) is 13.1 Å². The first-order chi connectivity index (χ1) is 11.9. The van der Waals surface area contributed by atoms with Crippen LogP contribution in [0.1, 0.15) is 39.0 Å². The maximum Gasteiger partial charge on any atom is 0.401 e. The van der Waals surface area contributed by atoms with Crippen LogP contribution in [0.15, 0.2) is 4.99 Å². The molecular formula is C17H33F3IN5. The summed E-state index contributed by atoms with van der Waals surface area (Å²) in [6.07, 6.45) is 1.77. The molecule has 1 unspecified atom stereocenters. The van der Waals surface area contributed by atoms with Crippen LogP contribution < -0.4 is 10.6 Å². The van der Waals surface area contributed by atoms with Gasteiger partial charge in [0, 0.05) is 38.3 Å². The average Bonchev–Trinajstić information content (AvgIpc) is 3.17. The molecule has 1 aliphatic heterocycles. The van der Waals surface area contributed by atoms with Crippen molar-refractivity contribution in [2.24, 2.45) is 4.99 Å². The Balaban J connectivity index is 0.00000338. The maximum atomic E-state index is 12.5. The number of nitrogens with one attached hydrogen (secondary N) is 2. The van der Waals surface area contributed by atoms with Gasteiger partial charge in [-0.2, -0.15) is 13.2 Å². The molecule has 26 heavy (non-hydrogen) atoms. The highest BCUT2D eigenvalue weighted by Crippen LogP contribution is 2.22. The van der Waals surface area contributed by atoms with Gasteiger partial charge in [-0.1, -0.05) is 12.8 Å². The summed E-state index contributed by atoms with van der Waals surface area (Å²) in [5.41, 5.74) is 0. The quantitative estimate of drug-likeness (QED) is 0.327. The molecule has 5 nitrogen and oxygen atoms in total. The third-order valence-corrected chi connectivity index (χ3v) is 5.03. The van der Waals surface area contributed by atoms with Gasteiger partial charge in [0.1, 0.15) is 0 Å². The highest BCUT2D eigenvalue weighted by molar-refractivity contribution is 14.0. The van der Waals surface area contributed by atoms with E-state index in [1.807, 2.05) is 6.92 Å². The maximum absolute atomic E-state index is 12.5. The molecule has 2 fully saturated rings. The van der Waals surface area contributed by atoms with Gasteiger partial charge in [-0.05, 0) is 33.2 Å². The van der Waals surface area contributed by atoms with Gasteiger partial charge < -0.3 is 15.5 Å². The number of rotatable bonds is 7. The minimum Gasteiger partial charge on any atom is -0.357 e. The Kier molecular flexibility index (Phi) is 10.5. The second kappa shape index (κ2) is 11.5. The fourth-order valence-corrected chi connectivity index (χ4v) is 3.71. The fraction of sp³-hybridized carbons (Fsp3) is 0.941. The number of alkyl halides is 3. The van der Waals surface area contributed by atoms with Crippen molar-refractivity contribution in [2.75, 3.05) is 46.3 Å². The van der Waals surface area contributed by atoms with Crippen molar-refractivity contribution < 1.29 is 13.2 Å². The molecule has 154 valence electrons. The van der Waals surface area contributed by atoms with Crippen LogP contribution in [0.2, 0.25) is 0 Å². The van der Waals surface area contributed by atoms with Crippen LogP contribution >= 0.6 is 24.0 Å². The van der Waals surface area contributed by atoms with E-state index in [-0.39, 0.29) is 30.0 Å². The van der Waals surface area contributed by atoms with Crippen molar-refractivity contribution in [3.05, 3.63) is 0 Å². The summed E-state index contributed by atoms with van der Waals surface area (Å²) in [5.74, 6) is 0.709. The number of hydrogen-bond acceptors (Lipinski definition) is 3. The molecule has 9 heteroatoms. The average molecular weight is 491 g/mol. The van der Waals surface area contributed by atoms with Crippen LogP contribution in [0.3, 0.4) is 0 Å². The Morgan fingerprint density at radius 1 is 1.23 bits per heavy atom. The summed E-state index contributed by atoms with van der Waals surface area (Å²) >= 11 is 0. The number of likely N-dealkylation sites (tertiary alicyclic amines) is 1. The lowest BCUT2D eigenvalue weighted by atomic mass is 10.2. The predicted octanol–water partition coefficient (Wildman–Crippen LogP) is 2.67. The largest absolute Gasteiger partial charge is 0.401 e. The number of hydrogen-bond donors (Lipinski definition) is 2. The van der Waals surface area contributed by atoms with Crippen molar-refractivity contribution in [2.45, 2.75) is 57.3 Å². The molecule has 1 atom stereocenters. The van der Waals surface area contributed by atoms with Gasteiger partial charge in [-0.25, -0.2) is 0 Å². The highest BCUT2D eigenvalue weighted by Gasteiger charge is 2.34. The van der Waals surface area contributed by atoms with Crippen LogP contribution in [0.25, 0.3) is 0 Å². The second-order valence-corrected chi connectivity index (χ2v) is 7.16. The number of likely N-dealkylation sites (N-methyl/N-ethyl adjacent to an activating group) is 1. The zero-order valence-electron chi connectivity index (χ0n) is 15.8. The molecule has 1 heterocycles. The summed E-state index contributed by atoms with van der Waals surface area (Å²) in [5, 5.41) is 6.48. The van der Waals surface area contributed by atoms with E-state index < -0.39 is 12.7 Å². The van der Waals surface area contributed by atoms with Gasteiger partial charge in [-0.3, -0.25) is 9.89 Å². The van der Waals surface area contributed by atoms with Crippen molar-refractivity contribution in [3.63, 3.8) is 0 Å². The first kappa shape index (κ1) is 23.7. The lowest BCUT2D eigenvalue weighted by Gasteiger charge is -2.23. The molecule has 0 aromatic rings. The zero-order chi connectivity index (χ0) is 18.3. The van der Waals surface area contributed by atoms with Crippen molar-refractivity contribution in [1.29, 1.82) is 0 Å². The molecule has 2 aliphatic rings. The third-order valence-electron chi connectivity index (χ3n) is 5.03. The van der Waals surface area contributed by atoms with E-state index >= 15 is 0 Å². The molecule has 2 rings (SSSR count). The third kappa shape index (κ3) is 8.60. The SMILES string of the molecule is CCNC(=NCCN(C)C1CCCC1)NC1CCN(CC(F)(F)F)C1.I. The Morgan fingerprint density at radius 3 is 2.54 bits per heavy atom.